The molecule has 8 nitrogen and oxygen atoms in total. The molecular weight excluding hydrogens is 300 g/mol. The van der Waals surface area contributed by atoms with Gasteiger partial charge >= 0.3 is 11.9 Å². The molecule has 1 aromatic rings. The molecule has 0 aliphatic carbocycles. The number of carboxylic acid groups (broad SMARTS) is 1. The average Bonchev–Trinajstić information content (AvgIpc) is 2.35. The normalized spacial score (nSPS) is 14.2. The van der Waals surface area contributed by atoms with Crippen LogP contribution in [-0.2, 0) is 31.0 Å². The molecule has 0 aliphatic heterocycles. The number of esters is 1. The van der Waals surface area contributed by atoms with Crippen LogP contribution >= 0.6 is 0 Å². The molecule has 0 fully saturated rings. The number of carboxylic acids is 1. The molecule has 0 spiro atoms. The number of hydrogen-bond donors (Lipinski definition) is 3. The lowest BCUT2D eigenvalue weighted by Crippen LogP contribution is -2.52. The van der Waals surface area contributed by atoms with Gasteiger partial charge in [-0.2, -0.15) is 4.72 Å². The fourth-order valence-corrected chi connectivity index (χ4v) is 2.17. The highest BCUT2D eigenvalue weighted by Crippen LogP contribution is 2.08. The van der Waals surface area contributed by atoms with Gasteiger partial charge in [-0.25, -0.2) is 8.42 Å². The Morgan fingerprint density at radius 3 is 2.38 bits per heavy atom. The van der Waals surface area contributed by atoms with Crippen molar-refractivity contribution >= 4 is 22.0 Å². The average molecular weight is 316 g/mol. The van der Waals surface area contributed by atoms with Gasteiger partial charge in [-0.1, -0.05) is 30.3 Å². The lowest BCUT2D eigenvalue weighted by molar-refractivity contribution is -0.160. The van der Waals surface area contributed by atoms with Crippen molar-refractivity contribution in [2.45, 2.75) is 12.8 Å². The Bertz CT molecular complexity index is 601. The molecule has 0 saturated carbocycles. The van der Waals surface area contributed by atoms with E-state index in [1.165, 1.54) is 0 Å². The first-order valence-electron chi connectivity index (χ1n) is 5.87. The van der Waals surface area contributed by atoms with Gasteiger partial charge in [-0.05, 0) is 5.56 Å². The van der Waals surface area contributed by atoms with E-state index in [0.717, 1.165) is 6.26 Å². The van der Waals surface area contributed by atoms with Crippen LogP contribution in [0.5, 0.6) is 0 Å². The Labute approximate surface area is 122 Å². The van der Waals surface area contributed by atoms with Gasteiger partial charge in [0.05, 0.1) is 12.4 Å². The molecule has 0 aliphatic rings. The van der Waals surface area contributed by atoms with E-state index in [1.54, 1.807) is 30.3 Å². The molecule has 1 rings (SSSR count). The van der Waals surface area contributed by atoms with Crippen LogP contribution in [0.15, 0.2) is 30.3 Å². The first kappa shape index (κ1) is 17.1. The maximum atomic E-state index is 11.8. The molecule has 1 aromatic carbocycles. The Hall–Kier alpha value is -1.97. The molecule has 116 valence electrons. The number of benzene rings is 1. The van der Waals surface area contributed by atoms with Crippen LogP contribution in [0.3, 0.4) is 0 Å². The zero-order chi connectivity index (χ0) is 16.0. The molecule has 2 atom stereocenters. The van der Waals surface area contributed by atoms with E-state index in [1.807, 2.05) is 4.72 Å². The molecule has 9 heteroatoms. The zero-order valence-electron chi connectivity index (χ0n) is 11.2. The molecule has 0 bridgehead atoms. The third-order valence-electron chi connectivity index (χ3n) is 2.45. The zero-order valence-corrected chi connectivity index (χ0v) is 12.0. The quantitative estimate of drug-likeness (QED) is 0.342. The van der Waals surface area contributed by atoms with E-state index in [-0.39, 0.29) is 6.61 Å². The summed E-state index contributed by atoms with van der Waals surface area (Å²) in [5.41, 5.74) is 6.07. The fourth-order valence-electron chi connectivity index (χ4n) is 1.53. The van der Waals surface area contributed by atoms with Crippen molar-refractivity contribution < 1.29 is 27.9 Å². The van der Waals surface area contributed by atoms with E-state index in [4.69, 9.17) is 15.6 Å². The Balaban J connectivity index is 2.72. The summed E-state index contributed by atoms with van der Waals surface area (Å²) in [4.78, 5) is 22.8. The molecule has 0 aromatic heterocycles. The number of hydrogen-bond acceptors (Lipinski definition) is 6. The van der Waals surface area contributed by atoms with Crippen molar-refractivity contribution in [1.82, 2.24) is 4.72 Å². The van der Waals surface area contributed by atoms with E-state index in [2.05, 4.69) is 0 Å². The first-order chi connectivity index (χ1) is 9.70. The number of sulfonamides is 1. The third kappa shape index (κ3) is 5.90. The van der Waals surface area contributed by atoms with Crippen LogP contribution in [-0.4, -0.2) is 37.9 Å². The van der Waals surface area contributed by atoms with Crippen molar-refractivity contribution in [3.63, 3.8) is 0 Å². The highest BCUT2D eigenvalue weighted by atomic mass is 32.2. The van der Waals surface area contributed by atoms with Crippen LogP contribution in [0.2, 0.25) is 0 Å². The number of carbonyl (C=O) groups is 2. The minimum absolute atomic E-state index is 0.130. The Kier molecular flexibility index (Phi) is 5.82. The number of ether oxygens (including phenoxy) is 1. The summed E-state index contributed by atoms with van der Waals surface area (Å²) in [5, 5.41) is 8.99. The molecule has 0 heterocycles. The lowest BCUT2D eigenvalue weighted by atomic mass is 10.1. The highest BCUT2D eigenvalue weighted by molar-refractivity contribution is 7.88. The third-order valence-corrected chi connectivity index (χ3v) is 3.15. The van der Waals surface area contributed by atoms with Gasteiger partial charge in [0.2, 0.25) is 10.0 Å². The van der Waals surface area contributed by atoms with Gasteiger partial charge in [0.1, 0.15) is 6.61 Å². The van der Waals surface area contributed by atoms with Crippen molar-refractivity contribution in [3.05, 3.63) is 35.9 Å². The fraction of sp³-hybridized carbons (Fsp3) is 0.333. The van der Waals surface area contributed by atoms with Crippen LogP contribution in [0.1, 0.15) is 5.56 Å². The van der Waals surface area contributed by atoms with Crippen LogP contribution in [0.4, 0.5) is 0 Å². The second kappa shape index (κ2) is 7.16. The molecule has 4 N–H and O–H groups in total. The first-order valence-corrected chi connectivity index (χ1v) is 7.76. The molecular formula is C12H16N2O6S. The van der Waals surface area contributed by atoms with Crippen LogP contribution in [0.25, 0.3) is 0 Å². The number of carbonyl (C=O) groups excluding carboxylic acids is 1. The maximum absolute atomic E-state index is 11.8. The lowest BCUT2D eigenvalue weighted by Gasteiger charge is -2.19. The summed E-state index contributed by atoms with van der Waals surface area (Å²) in [5.74, 6) is -4.52. The van der Waals surface area contributed by atoms with Gasteiger partial charge in [0.15, 0.2) is 5.92 Å². The minimum atomic E-state index is -3.75. The summed E-state index contributed by atoms with van der Waals surface area (Å²) in [6.07, 6.45) is -0.804. The predicted octanol–water partition coefficient (Wildman–Crippen LogP) is -0.735. The number of aliphatic carboxylic acids is 1. The number of rotatable bonds is 7. The molecule has 0 saturated heterocycles. The number of nitrogens with one attached hydrogen (secondary N) is 1. The highest BCUT2D eigenvalue weighted by Gasteiger charge is 2.35. The molecule has 0 amide bonds. The predicted molar refractivity (Wildman–Crippen MR) is 73.3 cm³/mol. The Morgan fingerprint density at radius 1 is 1.33 bits per heavy atom. The largest absolute Gasteiger partial charge is 0.481 e. The van der Waals surface area contributed by atoms with Gasteiger partial charge in [-0.15, -0.1) is 0 Å². The van der Waals surface area contributed by atoms with Crippen LogP contribution < -0.4 is 10.5 Å². The van der Waals surface area contributed by atoms with E-state index >= 15 is 0 Å². The van der Waals surface area contributed by atoms with Crippen molar-refractivity contribution in [1.29, 1.82) is 0 Å². The van der Waals surface area contributed by atoms with Crippen molar-refractivity contribution in [2.75, 3.05) is 6.26 Å². The minimum Gasteiger partial charge on any atom is -0.481 e. The number of nitrogens with two attached hydrogens (primary N) is 1. The Morgan fingerprint density at radius 2 is 1.90 bits per heavy atom. The van der Waals surface area contributed by atoms with E-state index in [9.17, 15) is 18.0 Å². The monoisotopic (exact) mass is 316 g/mol. The van der Waals surface area contributed by atoms with Gasteiger partial charge in [0, 0.05) is 0 Å². The summed E-state index contributed by atoms with van der Waals surface area (Å²) < 4.78 is 28.8. The van der Waals surface area contributed by atoms with Gasteiger partial charge in [0.25, 0.3) is 0 Å². The van der Waals surface area contributed by atoms with Crippen LogP contribution in [0, 0.1) is 5.92 Å². The molecule has 0 radical (unpaired) electrons. The summed E-state index contributed by atoms with van der Waals surface area (Å²) >= 11 is 0. The summed E-state index contributed by atoms with van der Waals surface area (Å²) in [6.45, 7) is -0.130. The van der Waals surface area contributed by atoms with E-state index in [0.29, 0.717) is 5.56 Å². The van der Waals surface area contributed by atoms with Crippen molar-refractivity contribution in [2.24, 2.45) is 11.7 Å². The van der Waals surface area contributed by atoms with Crippen molar-refractivity contribution in [3.8, 4) is 0 Å². The molecule has 2 unspecified atom stereocenters. The van der Waals surface area contributed by atoms with E-state index < -0.39 is 34.0 Å². The van der Waals surface area contributed by atoms with Gasteiger partial charge < -0.3 is 15.6 Å². The summed E-state index contributed by atoms with van der Waals surface area (Å²) in [7, 11) is -3.75. The summed E-state index contributed by atoms with van der Waals surface area (Å²) in [6, 6.07) is 8.62. The SMILES string of the molecule is CS(=O)(=O)NC(N)C(C(=O)O)C(=O)OCc1ccccc1. The van der Waals surface area contributed by atoms with Gasteiger partial charge in [-0.3, -0.25) is 9.59 Å². The molecule has 21 heavy (non-hydrogen) atoms. The second-order valence-electron chi connectivity index (χ2n) is 4.33. The maximum Gasteiger partial charge on any atom is 0.323 e. The smallest absolute Gasteiger partial charge is 0.323 e. The topological polar surface area (TPSA) is 136 Å². The second-order valence-corrected chi connectivity index (χ2v) is 6.11. The standard InChI is InChI=1S/C12H16N2O6S/c1-21(18,19)14-10(13)9(11(15)16)12(17)20-7-8-5-3-2-4-6-8/h2-6,9-10,14H,7,13H2,1H3,(H,15,16).